The minimum absolute atomic E-state index is 0.0214. The minimum Gasteiger partial charge on any atom is -0.310 e. The molecule has 2 nitrogen and oxygen atoms in total. The number of pyridine rings is 1. The number of benzene rings is 1. The van der Waals surface area contributed by atoms with Gasteiger partial charge in [0.25, 0.3) is 0 Å². The zero-order valence-electron chi connectivity index (χ0n) is 11.0. The van der Waals surface area contributed by atoms with Gasteiger partial charge in [0.05, 0.1) is 6.20 Å². The first kappa shape index (κ1) is 13.6. The van der Waals surface area contributed by atoms with Crippen LogP contribution in [-0.2, 0) is 0 Å². The molecule has 0 fully saturated rings. The van der Waals surface area contributed by atoms with Crippen LogP contribution in [0.1, 0.15) is 25.5 Å². The zero-order chi connectivity index (χ0) is 13.8. The Morgan fingerprint density at radius 2 is 2.00 bits per heavy atom. The third kappa shape index (κ3) is 2.96. The van der Waals surface area contributed by atoms with E-state index in [1.165, 1.54) is 18.3 Å². The summed E-state index contributed by atoms with van der Waals surface area (Å²) in [5, 5.41) is 3.25. The number of aromatic nitrogens is 1. The molecule has 1 atom stereocenters. The number of hydrogen-bond donors (Lipinski definition) is 1. The number of nitrogens with zero attached hydrogens (tertiary/aromatic N) is 1. The topological polar surface area (TPSA) is 24.9 Å². The van der Waals surface area contributed by atoms with E-state index in [0.29, 0.717) is 11.1 Å². The van der Waals surface area contributed by atoms with E-state index < -0.39 is 5.82 Å². The number of rotatable bonds is 4. The fourth-order valence-corrected chi connectivity index (χ4v) is 2.15. The molecule has 0 aliphatic rings. The van der Waals surface area contributed by atoms with Gasteiger partial charge in [0, 0.05) is 17.8 Å². The highest BCUT2D eigenvalue weighted by Gasteiger charge is 2.15. The van der Waals surface area contributed by atoms with E-state index in [1.807, 2.05) is 13.8 Å². The van der Waals surface area contributed by atoms with Crippen molar-refractivity contribution in [3.05, 3.63) is 53.9 Å². The van der Waals surface area contributed by atoms with Gasteiger partial charge in [0.2, 0.25) is 0 Å². The summed E-state index contributed by atoms with van der Waals surface area (Å²) in [6.45, 7) is 4.75. The predicted octanol–water partition coefficient (Wildman–Crippen LogP) is 3.70. The van der Waals surface area contributed by atoms with Gasteiger partial charge < -0.3 is 5.32 Å². The lowest BCUT2D eigenvalue weighted by Gasteiger charge is -2.17. The quantitative estimate of drug-likeness (QED) is 0.908. The molecule has 19 heavy (non-hydrogen) atoms. The molecule has 0 radical (unpaired) electrons. The van der Waals surface area contributed by atoms with Gasteiger partial charge in [-0.1, -0.05) is 13.0 Å². The van der Waals surface area contributed by atoms with Crippen LogP contribution in [0.2, 0.25) is 0 Å². The second-order valence-electron chi connectivity index (χ2n) is 4.37. The van der Waals surface area contributed by atoms with Gasteiger partial charge in [-0.05, 0) is 42.8 Å². The van der Waals surface area contributed by atoms with Crippen LogP contribution in [0, 0.1) is 11.6 Å². The molecule has 0 amide bonds. The van der Waals surface area contributed by atoms with Gasteiger partial charge in [-0.3, -0.25) is 4.98 Å². The van der Waals surface area contributed by atoms with Crippen molar-refractivity contribution in [1.82, 2.24) is 10.3 Å². The van der Waals surface area contributed by atoms with E-state index in [1.54, 1.807) is 12.1 Å². The molecule has 2 aromatic rings. The first-order chi connectivity index (χ1) is 9.13. The summed E-state index contributed by atoms with van der Waals surface area (Å²) in [5.41, 5.74) is 1.80. The van der Waals surface area contributed by atoms with Crippen molar-refractivity contribution in [2.45, 2.75) is 19.9 Å². The molecule has 1 N–H and O–H groups in total. The lowest BCUT2D eigenvalue weighted by Crippen LogP contribution is -2.18. The molecule has 1 aromatic carbocycles. The summed E-state index contributed by atoms with van der Waals surface area (Å²) in [5.74, 6) is -0.822. The van der Waals surface area contributed by atoms with E-state index in [-0.39, 0.29) is 11.9 Å². The molecule has 4 heteroatoms. The highest BCUT2D eigenvalue weighted by Crippen LogP contribution is 2.30. The molecule has 0 spiro atoms. The molecule has 0 aliphatic heterocycles. The smallest absolute Gasteiger partial charge is 0.149 e. The standard InChI is InChI=1S/C15H16F2N2/c1-3-19-10(2)12-5-4-11(16)8-14(12)13-6-7-18-9-15(13)17/h4-10,19H,3H2,1-2H3. The summed E-state index contributed by atoms with van der Waals surface area (Å²) < 4.78 is 27.3. The zero-order valence-corrected chi connectivity index (χ0v) is 11.0. The van der Waals surface area contributed by atoms with Gasteiger partial charge in [-0.15, -0.1) is 0 Å². The fraction of sp³-hybridized carbons (Fsp3) is 0.267. The Morgan fingerprint density at radius 1 is 1.21 bits per heavy atom. The Hall–Kier alpha value is -1.81. The molecule has 1 unspecified atom stereocenters. The monoisotopic (exact) mass is 262 g/mol. The van der Waals surface area contributed by atoms with Crippen molar-refractivity contribution in [3.8, 4) is 11.1 Å². The third-order valence-corrected chi connectivity index (χ3v) is 3.05. The van der Waals surface area contributed by atoms with Crippen LogP contribution in [0.4, 0.5) is 8.78 Å². The van der Waals surface area contributed by atoms with Crippen molar-refractivity contribution in [2.75, 3.05) is 6.54 Å². The van der Waals surface area contributed by atoms with Crippen molar-refractivity contribution in [1.29, 1.82) is 0 Å². The Balaban J connectivity index is 2.55. The molecule has 0 saturated heterocycles. The number of hydrogen-bond acceptors (Lipinski definition) is 2. The van der Waals surface area contributed by atoms with Crippen molar-refractivity contribution in [3.63, 3.8) is 0 Å². The lowest BCUT2D eigenvalue weighted by molar-refractivity contribution is 0.591. The van der Waals surface area contributed by atoms with Crippen molar-refractivity contribution >= 4 is 0 Å². The molecular weight excluding hydrogens is 246 g/mol. The highest BCUT2D eigenvalue weighted by atomic mass is 19.1. The molecule has 0 aliphatic carbocycles. The Kier molecular flexibility index (Phi) is 4.22. The van der Waals surface area contributed by atoms with Gasteiger partial charge >= 0.3 is 0 Å². The van der Waals surface area contributed by atoms with Crippen molar-refractivity contribution in [2.24, 2.45) is 0 Å². The van der Waals surface area contributed by atoms with Crippen LogP contribution in [-0.4, -0.2) is 11.5 Å². The molecular formula is C15H16F2N2. The lowest BCUT2D eigenvalue weighted by atomic mass is 9.95. The molecule has 1 aromatic heterocycles. The van der Waals surface area contributed by atoms with Gasteiger partial charge in [0.1, 0.15) is 11.6 Å². The maximum Gasteiger partial charge on any atom is 0.149 e. The van der Waals surface area contributed by atoms with Crippen LogP contribution in [0.15, 0.2) is 36.7 Å². The Morgan fingerprint density at radius 3 is 2.68 bits per heavy atom. The van der Waals surface area contributed by atoms with E-state index in [9.17, 15) is 8.78 Å². The second-order valence-corrected chi connectivity index (χ2v) is 4.37. The van der Waals surface area contributed by atoms with E-state index >= 15 is 0 Å². The van der Waals surface area contributed by atoms with Crippen LogP contribution in [0.5, 0.6) is 0 Å². The Labute approximate surface area is 111 Å². The Bertz CT molecular complexity index is 570. The molecule has 100 valence electrons. The third-order valence-electron chi connectivity index (χ3n) is 3.05. The molecule has 0 saturated carbocycles. The summed E-state index contributed by atoms with van der Waals surface area (Å²) in [7, 11) is 0. The van der Waals surface area contributed by atoms with Crippen LogP contribution < -0.4 is 5.32 Å². The number of halogens is 2. The molecule has 2 rings (SSSR count). The normalized spacial score (nSPS) is 12.4. The minimum atomic E-state index is -0.446. The highest BCUT2D eigenvalue weighted by molar-refractivity contribution is 5.68. The van der Waals surface area contributed by atoms with Crippen LogP contribution in [0.3, 0.4) is 0 Å². The van der Waals surface area contributed by atoms with Gasteiger partial charge in [-0.2, -0.15) is 0 Å². The first-order valence-corrected chi connectivity index (χ1v) is 6.26. The van der Waals surface area contributed by atoms with Gasteiger partial charge in [0.15, 0.2) is 0 Å². The average Bonchev–Trinajstić information content (AvgIpc) is 2.39. The van der Waals surface area contributed by atoms with Crippen molar-refractivity contribution < 1.29 is 8.78 Å². The fourth-order valence-electron chi connectivity index (χ4n) is 2.15. The summed E-state index contributed by atoms with van der Waals surface area (Å²) in [6, 6.07) is 6.03. The largest absolute Gasteiger partial charge is 0.310 e. The molecule has 0 bridgehead atoms. The van der Waals surface area contributed by atoms with Crippen LogP contribution >= 0.6 is 0 Å². The summed E-state index contributed by atoms with van der Waals surface area (Å²) in [4.78, 5) is 3.72. The average molecular weight is 262 g/mol. The SMILES string of the molecule is CCNC(C)c1ccc(F)cc1-c1ccncc1F. The van der Waals surface area contributed by atoms with E-state index in [2.05, 4.69) is 10.3 Å². The van der Waals surface area contributed by atoms with E-state index in [0.717, 1.165) is 18.3 Å². The second kappa shape index (κ2) is 5.89. The number of nitrogens with one attached hydrogen (secondary N) is 1. The summed E-state index contributed by atoms with van der Waals surface area (Å²) in [6.07, 6.45) is 2.65. The maximum absolute atomic E-state index is 13.8. The maximum atomic E-state index is 13.8. The summed E-state index contributed by atoms with van der Waals surface area (Å²) >= 11 is 0. The van der Waals surface area contributed by atoms with Crippen LogP contribution in [0.25, 0.3) is 11.1 Å². The predicted molar refractivity (Wildman–Crippen MR) is 71.7 cm³/mol. The first-order valence-electron chi connectivity index (χ1n) is 6.26. The van der Waals surface area contributed by atoms with Gasteiger partial charge in [-0.25, -0.2) is 8.78 Å². The van der Waals surface area contributed by atoms with E-state index in [4.69, 9.17) is 0 Å². The molecule has 1 heterocycles.